The molecule has 1 atom stereocenters. The Morgan fingerprint density at radius 3 is 2.83 bits per heavy atom. The topological polar surface area (TPSA) is 35.6 Å². The molecular weight excluding hydrogens is 286 g/mol. The van der Waals surface area contributed by atoms with E-state index in [1.54, 1.807) is 0 Å². The van der Waals surface area contributed by atoms with E-state index in [4.69, 9.17) is 0 Å². The third-order valence-electron chi connectivity index (χ3n) is 5.06. The van der Waals surface area contributed by atoms with Gasteiger partial charge in [-0.1, -0.05) is 30.3 Å². The van der Waals surface area contributed by atoms with E-state index in [1.807, 2.05) is 6.07 Å². The van der Waals surface area contributed by atoms with E-state index in [-0.39, 0.29) is 5.91 Å². The van der Waals surface area contributed by atoms with Gasteiger partial charge in [0.15, 0.2) is 0 Å². The van der Waals surface area contributed by atoms with Crippen LogP contribution in [0.4, 0.5) is 0 Å². The summed E-state index contributed by atoms with van der Waals surface area (Å²) in [5.41, 5.74) is 1.34. The zero-order valence-corrected chi connectivity index (χ0v) is 14.0. The van der Waals surface area contributed by atoms with Gasteiger partial charge < -0.3 is 5.32 Å². The highest BCUT2D eigenvalue weighted by molar-refractivity contribution is 5.77. The number of amides is 1. The molecule has 126 valence electrons. The van der Waals surface area contributed by atoms with E-state index in [9.17, 15) is 4.79 Å². The molecule has 4 heteroatoms. The summed E-state index contributed by atoms with van der Waals surface area (Å²) in [6.07, 6.45) is 5.85. The lowest BCUT2D eigenvalue weighted by Gasteiger charge is -2.25. The zero-order valence-electron chi connectivity index (χ0n) is 14.0. The van der Waals surface area contributed by atoms with Crippen molar-refractivity contribution in [1.29, 1.82) is 0 Å². The highest BCUT2D eigenvalue weighted by Gasteiger charge is 2.29. The number of carbonyl (C=O) groups is 1. The number of hydrogen-bond acceptors (Lipinski definition) is 3. The minimum atomic E-state index is 0.185. The first-order valence-electron chi connectivity index (χ1n) is 9.08. The molecule has 23 heavy (non-hydrogen) atoms. The Labute approximate surface area is 139 Å². The van der Waals surface area contributed by atoms with Crippen LogP contribution in [0.15, 0.2) is 30.3 Å². The van der Waals surface area contributed by atoms with Crippen molar-refractivity contribution in [2.24, 2.45) is 0 Å². The van der Waals surface area contributed by atoms with Crippen LogP contribution in [0.3, 0.4) is 0 Å². The number of hydrogen-bond donors (Lipinski definition) is 1. The normalized spacial score (nSPS) is 22.5. The number of aryl methyl sites for hydroxylation is 1. The van der Waals surface area contributed by atoms with E-state index < -0.39 is 0 Å². The smallest absolute Gasteiger partial charge is 0.234 e. The van der Waals surface area contributed by atoms with E-state index in [1.165, 1.54) is 37.9 Å². The molecular formula is C19H29N3O. The molecule has 0 aromatic heterocycles. The van der Waals surface area contributed by atoms with Gasteiger partial charge in [-0.25, -0.2) is 0 Å². The largest absolute Gasteiger partial charge is 0.355 e. The Hall–Kier alpha value is -1.39. The average molecular weight is 315 g/mol. The van der Waals surface area contributed by atoms with Crippen molar-refractivity contribution in [2.75, 3.05) is 39.3 Å². The van der Waals surface area contributed by atoms with E-state index in [0.717, 1.165) is 32.5 Å². The number of nitrogens with one attached hydrogen (secondary N) is 1. The lowest BCUT2D eigenvalue weighted by molar-refractivity contribution is -0.122. The minimum absolute atomic E-state index is 0.185. The third kappa shape index (κ3) is 5.05. The summed E-state index contributed by atoms with van der Waals surface area (Å²) >= 11 is 0. The lowest BCUT2D eigenvalue weighted by atomic mass is 10.1. The number of rotatable bonds is 6. The van der Waals surface area contributed by atoms with Crippen LogP contribution in [0.25, 0.3) is 0 Å². The molecule has 2 heterocycles. The van der Waals surface area contributed by atoms with Crippen molar-refractivity contribution >= 4 is 5.91 Å². The maximum absolute atomic E-state index is 12.2. The highest BCUT2D eigenvalue weighted by atomic mass is 16.2. The molecule has 2 aliphatic heterocycles. The number of carbonyl (C=O) groups excluding carboxylic acids is 1. The number of fused-ring (bicyclic) bond motifs is 1. The Balaban J connectivity index is 1.34. The van der Waals surface area contributed by atoms with Crippen molar-refractivity contribution in [3.63, 3.8) is 0 Å². The SMILES string of the molecule is O=C(CN1CCCN2CCC[C@H]2C1)NCCCc1ccccc1. The molecule has 0 unspecified atom stereocenters. The van der Waals surface area contributed by atoms with Gasteiger partial charge in [0.05, 0.1) is 6.54 Å². The maximum Gasteiger partial charge on any atom is 0.234 e. The van der Waals surface area contributed by atoms with Crippen LogP contribution in [0, 0.1) is 0 Å². The molecule has 1 amide bonds. The zero-order chi connectivity index (χ0) is 15.9. The third-order valence-corrected chi connectivity index (χ3v) is 5.06. The molecule has 2 fully saturated rings. The molecule has 0 spiro atoms. The fourth-order valence-corrected chi connectivity index (χ4v) is 3.85. The molecule has 1 aromatic carbocycles. The molecule has 1 N–H and O–H groups in total. The second-order valence-electron chi connectivity index (χ2n) is 6.86. The highest BCUT2D eigenvalue weighted by Crippen LogP contribution is 2.20. The van der Waals surface area contributed by atoms with Crippen molar-refractivity contribution in [2.45, 2.75) is 38.1 Å². The van der Waals surface area contributed by atoms with Gasteiger partial charge in [-0.2, -0.15) is 0 Å². The number of benzene rings is 1. The first-order valence-corrected chi connectivity index (χ1v) is 9.08. The van der Waals surface area contributed by atoms with Gasteiger partial charge >= 0.3 is 0 Å². The van der Waals surface area contributed by atoms with Gasteiger partial charge in [0.1, 0.15) is 0 Å². The second-order valence-corrected chi connectivity index (χ2v) is 6.86. The molecule has 2 aliphatic rings. The number of nitrogens with zero attached hydrogens (tertiary/aromatic N) is 2. The molecule has 1 aromatic rings. The average Bonchev–Trinajstić information content (AvgIpc) is 2.91. The van der Waals surface area contributed by atoms with Crippen molar-refractivity contribution < 1.29 is 4.79 Å². The van der Waals surface area contributed by atoms with Gasteiger partial charge in [-0.05, 0) is 57.3 Å². The molecule has 0 radical (unpaired) electrons. The summed E-state index contributed by atoms with van der Waals surface area (Å²) in [6.45, 7) is 5.93. The Morgan fingerprint density at radius 1 is 1.13 bits per heavy atom. The van der Waals surface area contributed by atoms with Gasteiger partial charge in [0.25, 0.3) is 0 Å². The summed E-state index contributed by atoms with van der Waals surface area (Å²) in [5.74, 6) is 0.185. The van der Waals surface area contributed by atoms with Crippen molar-refractivity contribution in [3.8, 4) is 0 Å². The predicted octanol–water partition coefficient (Wildman–Crippen LogP) is 1.91. The molecule has 3 rings (SSSR count). The van der Waals surface area contributed by atoms with Crippen molar-refractivity contribution in [3.05, 3.63) is 35.9 Å². The lowest BCUT2D eigenvalue weighted by Crippen LogP contribution is -2.42. The fraction of sp³-hybridized carbons (Fsp3) is 0.632. The van der Waals surface area contributed by atoms with Gasteiger partial charge in [0.2, 0.25) is 5.91 Å². The standard InChI is InChI=1S/C19H29N3O/c23-19(20-11-4-9-17-7-2-1-3-8-17)16-21-12-6-14-22-13-5-10-18(22)15-21/h1-3,7-8,18H,4-6,9-16H2,(H,20,23)/t18-/m0/s1. The fourth-order valence-electron chi connectivity index (χ4n) is 3.85. The summed E-state index contributed by atoms with van der Waals surface area (Å²) in [5, 5.41) is 3.09. The summed E-state index contributed by atoms with van der Waals surface area (Å²) in [4.78, 5) is 17.1. The van der Waals surface area contributed by atoms with Crippen molar-refractivity contribution in [1.82, 2.24) is 15.1 Å². The molecule has 0 saturated carbocycles. The van der Waals surface area contributed by atoms with Gasteiger partial charge in [0, 0.05) is 19.1 Å². The Bertz CT molecular complexity index is 491. The van der Waals surface area contributed by atoms with Crippen LogP contribution in [-0.4, -0.2) is 61.0 Å². The predicted molar refractivity (Wildman–Crippen MR) is 93.4 cm³/mol. The Morgan fingerprint density at radius 2 is 1.96 bits per heavy atom. The molecule has 0 aliphatic carbocycles. The van der Waals surface area contributed by atoms with E-state index in [2.05, 4.69) is 39.4 Å². The first-order chi connectivity index (χ1) is 11.3. The molecule has 4 nitrogen and oxygen atoms in total. The van der Waals surface area contributed by atoms with Crippen LogP contribution < -0.4 is 5.32 Å². The molecule has 2 saturated heterocycles. The van der Waals surface area contributed by atoms with Crippen LogP contribution in [0.1, 0.15) is 31.2 Å². The van der Waals surface area contributed by atoms with Crippen LogP contribution >= 0.6 is 0 Å². The van der Waals surface area contributed by atoms with Crippen LogP contribution in [0.2, 0.25) is 0 Å². The van der Waals surface area contributed by atoms with E-state index >= 15 is 0 Å². The van der Waals surface area contributed by atoms with Gasteiger partial charge in [-0.3, -0.25) is 14.6 Å². The Kier molecular flexibility index (Phi) is 6.06. The van der Waals surface area contributed by atoms with Crippen LogP contribution in [-0.2, 0) is 11.2 Å². The maximum atomic E-state index is 12.2. The first kappa shape index (κ1) is 16.5. The summed E-state index contributed by atoms with van der Waals surface area (Å²) < 4.78 is 0. The summed E-state index contributed by atoms with van der Waals surface area (Å²) in [7, 11) is 0. The van der Waals surface area contributed by atoms with Crippen LogP contribution in [0.5, 0.6) is 0 Å². The monoisotopic (exact) mass is 315 g/mol. The summed E-state index contributed by atoms with van der Waals surface area (Å²) in [6, 6.07) is 11.2. The van der Waals surface area contributed by atoms with E-state index in [0.29, 0.717) is 12.6 Å². The molecule has 0 bridgehead atoms. The second kappa shape index (κ2) is 8.46. The minimum Gasteiger partial charge on any atom is -0.355 e. The van der Waals surface area contributed by atoms with Gasteiger partial charge in [-0.15, -0.1) is 0 Å². The quantitative estimate of drug-likeness (QED) is 0.815.